The molecule has 0 aromatic heterocycles. The van der Waals surface area contributed by atoms with E-state index in [1.807, 2.05) is 6.07 Å². The van der Waals surface area contributed by atoms with Gasteiger partial charge in [0.25, 0.3) is 0 Å². The second kappa shape index (κ2) is 14.0. The Hall–Kier alpha value is -0.129. The van der Waals surface area contributed by atoms with Gasteiger partial charge in [-0.2, -0.15) is 0 Å². The van der Waals surface area contributed by atoms with E-state index in [-0.39, 0.29) is 51.4 Å². The summed E-state index contributed by atoms with van der Waals surface area (Å²) in [5.41, 5.74) is 0. The van der Waals surface area contributed by atoms with Crippen LogP contribution in [0, 0.1) is 17.7 Å². The molecule has 0 radical (unpaired) electrons. The molecule has 0 unspecified atom stereocenters. The van der Waals surface area contributed by atoms with Crippen LogP contribution >= 0.6 is 0 Å². The summed E-state index contributed by atoms with van der Waals surface area (Å²) >= 11 is 0. The molecule has 144 valence electrons. The van der Waals surface area contributed by atoms with Crippen molar-refractivity contribution in [3.8, 4) is 5.75 Å². The van der Waals surface area contributed by atoms with E-state index in [4.69, 9.17) is 5.11 Å². The van der Waals surface area contributed by atoms with E-state index in [0.29, 0.717) is 6.07 Å². The van der Waals surface area contributed by atoms with Gasteiger partial charge in [-0.3, -0.25) is 0 Å². The van der Waals surface area contributed by atoms with Crippen LogP contribution in [0.1, 0.15) is 0 Å². The zero-order chi connectivity index (χ0) is 20.4. The molecule has 0 saturated heterocycles. The largest absolute Gasteiger partial charge is 1.00 e. The molecular formula is C6H3B3F14KO-3. The van der Waals surface area contributed by atoms with Crippen molar-refractivity contribution in [3.63, 3.8) is 0 Å². The van der Waals surface area contributed by atoms with Crippen LogP contribution in [0.5, 0.6) is 5.75 Å². The average Bonchev–Trinajstić information content (AvgIpc) is 2.04. The average molecular weight is 429 g/mol. The number of aromatic hydroxyl groups is 1. The molecule has 19 heteroatoms. The van der Waals surface area contributed by atoms with E-state index in [9.17, 15) is 60.6 Å². The number of phenolic OH excluding ortho intramolecular Hbond substituents is 1. The molecule has 1 aromatic rings. The third kappa shape index (κ3) is 81.0. The van der Waals surface area contributed by atoms with Crippen molar-refractivity contribution in [2.24, 2.45) is 0 Å². The molecule has 1 rings (SSSR count). The third-order valence-corrected chi connectivity index (χ3v) is 0.787. The van der Waals surface area contributed by atoms with Crippen LogP contribution in [0.15, 0.2) is 12.1 Å². The monoisotopic (exact) mass is 429 g/mol. The Balaban J connectivity index is -0.000000122. The summed E-state index contributed by atoms with van der Waals surface area (Å²) in [6.45, 7) is 0. The van der Waals surface area contributed by atoms with Crippen LogP contribution in [-0.4, -0.2) is 26.9 Å². The van der Waals surface area contributed by atoms with Crippen molar-refractivity contribution in [3.05, 3.63) is 29.8 Å². The maximum atomic E-state index is 12.0. The third-order valence-electron chi connectivity index (χ3n) is 0.787. The molecule has 0 heterocycles. The van der Waals surface area contributed by atoms with E-state index in [0.717, 1.165) is 6.07 Å². The second-order valence-electron chi connectivity index (χ2n) is 3.02. The van der Waals surface area contributed by atoms with Crippen LogP contribution in [0.25, 0.3) is 0 Å². The standard InChI is InChI=1S/C6H3F2O.3BF4.K/c7-4-1-5(8)3-6(9)2-4;3*2-1(3,4)5;/h1-2,9H;;;;/q4*-1;+1. The number of rotatable bonds is 0. The topological polar surface area (TPSA) is 20.2 Å². The van der Waals surface area contributed by atoms with Crippen LogP contribution < -0.4 is 51.4 Å². The Morgan fingerprint density at radius 2 is 0.880 bits per heavy atom. The molecule has 1 aromatic carbocycles. The first kappa shape index (κ1) is 32.5. The molecule has 0 aliphatic heterocycles. The van der Waals surface area contributed by atoms with Gasteiger partial charge in [-0.25, -0.2) is 8.78 Å². The molecule has 0 spiro atoms. The number of benzene rings is 1. The Labute approximate surface area is 173 Å². The first-order valence-electron chi connectivity index (χ1n) is 4.87. The van der Waals surface area contributed by atoms with Crippen molar-refractivity contribution in [2.75, 3.05) is 0 Å². The number of phenols is 1. The molecule has 0 aliphatic rings. The quantitative estimate of drug-likeness (QED) is 0.382. The maximum Gasteiger partial charge on any atom is 1.00 e. The fourth-order valence-electron chi connectivity index (χ4n) is 0.488. The zero-order valence-electron chi connectivity index (χ0n) is 11.6. The minimum absolute atomic E-state index is 0. The molecule has 0 amide bonds. The zero-order valence-corrected chi connectivity index (χ0v) is 14.7. The van der Waals surface area contributed by atoms with Gasteiger partial charge in [-0.15, -0.1) is 12.1 Å². The van der Waals surface area contributed by atoms with E-state index in [2.05, 4.69) is 0 Å². The van der Waals surface area contributed by atoms with E-state index in [1.54, 1.807) is 0 Å². The first-order valence-corrected chi connectivity index (χ1v) is 4.87. The second-order valence-corrected chi connectivity index (χ2v) is 3.02. The summed E-state index contributed by atoms with van der Waals surface area (Å²) in [4.78, 5) is 0. The summed E-state index contributed by atoms with van der Waals surface area (Å²) < 4.78 is 141. The van der Waals surface area contributed by atoms with E-state index < -0.39 is 39.1 Å². The van der Waals surface area contributed by atoms with Crippen LogP contribution in [-0.2, 0) is 0 Å². The summed E-state index contributed by atoms with van der Waals surface area (Å²) in [7, 11) is -18.0. The van der Waals surface area contributed by atoms with Gasteiger partial charge in [-0.1, -0.05) is 6.07 Å². The van der Waals surface area contributed by atoms with Crippen LogP contribution in [0.4, 0.5) is 60.6 Å². The molecule has 0 saturated carbocycles. The minimum atomic E-state index is -6.00. The Bertz CT molecular complexity index is 362. The fraction of sp³-hybridized carbons (Fsp3) is 0. The van der Waals surface area contributed by atoms with Crippen LogP contribution in [0.3, 0.4) is 0 Å². The van der Waals surface area contributed by atoms with E-state index in [1.165, 1.54) is 0 Å². The van der Waals surface area contributed by atoms with Gasteiger partial charge in [-0.05, 0) is 0 Å². The number of halogens is 14. The Kier molecular flexibility index (Phi) is 18.2. The van der Waals surface area contributed by atoms with Crippen molar-refractivity contribution >= 4 is 21.8 Å². The smallest absolute Gasteiger partial charge is 0.534 e. The number of hydrogen-bond donors (Lipinski definition) is 1. The van der Waals surface area contributed by atoms with Crippen molar-refractivity contribution in [2.45, 2.75) is 0 Å². The molecule has 0 aliphatic carbocycles. The van der Waals surface area contributed by atoms with Gasteiger partial charge >= 0.3 is 73.1 Å². The predicted octanol–water partition coefficient (Wildman–Crippen LogP) is 2.37. The summed E-state index contributed by atoms with van der Waals surface area (Å²) in [6, 6.07) is 3.28. The molecule has 1 nitrogen and oxygen atoms in total. The Morgan fingerprint density at radius 1 is 0.640 bits per heavy atom. The molecule has 0 bridgehead atoms. The summed E-state index contributed by atoms with van der Waals surface area (Å²) in [6.07, 6.45) is 0. The van der Waals surface area contributed by atoms with Gasteiger partial charge in [0.05, 0.1) is 0 Å². The number of hydrogen-bond acceptors (Lipinski definition) is 1. The van der Waals surface area contributed by atoms with Crippen molar-refractivity contribution in [1.82, 2.24) is 0 Å². The van der Waals surface area contributed by atoms with Gasteiger partial charge < -0.3 is 56.9 Å². The fourth-order valence-corrected chi connectivity index (χ4v) is 0.488. The van der Waals surface area contributed by atoms with E-state index >= 15 is 0 Å². The minimum Gasteiger partial charge on any atom is -0.534 e. The molecular weight excluding hydrogens is 426 g/mol. The molecule has 0 atom stereocenters. The van der Waals surface area contributed by atoms with Gasteiger partial charge in [0.15, 0.2) is 0 Å². The summed E-state index contributed by atoms with van der Waals surface area (Å²) in [5.74, 6) is -2.22. The van der Waals surface area contributed by atoms with Crippen LogP contribution in [0.2, 0.25) is 0 Å². The Morgan fingerprint density at radius 3 is 1.04 bits per heavy atom. The first-order chi connectivity index (χ1) is 10.2. The predicted molar refractivity (Wildman–Crippen MR) is 57.4 cm³/mol. The SMILES string of the molecule is F[B-](F)(F)F.F[B-](F)(F)F.F[B-](F)(F)F.Oc1[c-]c(F)cc(F)c1.[K+]. The van der Waals surface area contributed by atoms with Crippen molar-refractivity contribution in [1.29, 1.82) is 0 Å². The molecule has 25 heavy (non-hydrogen) atoms. The molecule has 1 N–H and O–H groups in total. The van der Waals surface area contributed by atoms with Gasteiger partial charge in [0.2, 0.25) is 0 Å². The van der Waals surface area contributed by atoms with Crippen molar-refractivity contribution < 1.29 is 117 Å². The summed E-state index contributed by atoms with van der Waals surface area (Å²) in [5, 5.41) is 8.46. The normalized spacial score (nSPS) is 10.6. The van der Waals surface area contributed by atoms with Gasteiger partial charge in [0, 0.05) is 17.4 Å². The van der Waals surface area contributed by atoms with Gasteiger partial charge in [0.1, 0.15) is 0 Å². The maximum absolute atomic E-state index is 12.0. The molecule has 0 fully saturated rings.